The van der Waals surface area contributed by atoms with Crippen molar-refractivity contribution in [2.24, 2.45) is 0 Å². The molecule has 0 N–H and O–H groups in total. The van der Waals surface area contributed by atoms with Gasteiger partial charge in [0.2, 0.25) is 0 Å². The number of aromatic nitrogens is 1. The molecule has 0 saturated heterocycles. The molecule has 3 aromatic rings. The second kappa shape index (κ2) is 6.58. The molecule has 0 aliphatic carbocycles. The largest absolute Gasteiger partial charge is 0.497 e. The van der Waals surface area contributed by atoms with Gasteiger partial charge >= 0.3 is 5.97 Å². The molecule has 122 valence electrons. The van der Waals surface area contributed by atoms with E-state index in [1.165, 1.54) is 4.40 Å². The van der Waals surface area contributed by atoms with Crippen molar-refractivity contribution < 1.29 is 14.3 Å². The quantitative estimate of drug-likeness (QED) is 0.692. The Morgan fingerprint density at radius 1 is 1.12 bits per heavy atom. The highest BCUT2D eigenvalue weighted by Gasteiger charge is 2.17. The monoisotopic (exact) mass is 323 g/mol. The fraction of sp³-hybridized carbons (Fsp3) is 0.158. The van der Waals surface area contributed by atoms with Gasteiger partial charge in [0.1, 0.15) is 11.3 Å². The molecule has 5 nitrogen and oxygen atoms in total. The number of hydrogen-bond donors (Lipinski definition) is 0. The molecule has 2 aromatic heterocycles. The van der Waals surface area contributed by atoms with Crippen molar-refractivity contribution in [1.29, 1.82) is 0 Å². The van der Waals surface area contributed by atoms with Crippen molar-refractivity contribution in [3.05, 3.63) is 70.6 Å². The Morgan fingerprint density at radius 2 is 1.96 bits per heavy atom. The Labute approximate surface area is 139 Å². The normalized spacial score (nSPS) is 10.6. The maximum absolute atomic E-state index is 12.6. The molecule has 0 spiro atoms. The molecular formula is C19H17NO4. The first-order valence-electron chi connectivity index (χ1n) is 7.61. The standard InChI is InChI=1S/C19H17NO4/c1-3-24-19(22)16-12-15(13-7-6-8-14(11-13)23-2)17-9-4-5-10-20(17)18(16)21/h4-12H,3H2,1-2H3. The van der Waals surface area contributed by atoms with Gasteiger partial charge in [0.05, 0.1) is 19.2 Å². The van der Waals surface area contributed by atoms with Crippen molar-refractivity contribution >= 4 is 11.5 Å². The van der Waals surface area contributed by atoms with Crippen LogP contribution >= 0.6 is 0 Å². The highest BCUT2D eigenvalue weighted by atomic mass is 16.5. The van der Waals surface area contributed by atoms with E-state index in [1.807, 2.05) is 36.4 Å². The van der Waals surface area contributed by atoms with Gasteiger partial charge in [0.25, 0.3) is 5.56 Å². The fourth-order valence-electron chi connectivity index (χ4n) is 2.63. The fourth-order valence-corrected chi connectivity index (χ4v) is 2.63. The molecule has 0 fully saturated rings. The van der Waals surface area contributed by atoms with E-state index in [0.29, 0.717) is 11.3 Å². The number of carbonyl (C=O) groups excluding carboxylic acids is 1. The first-order chi connectivity index (χ1) is 11.7. The maximum atomic E-state index is 12.6. The SMILES string of the molecule is CCOC(=O)c1cc(-c2cccc(OC)c2)c2ccccn2c1=O. The lowest BCUT2D eigenvalue weighted by Gasteiger charge is -2.11. The number of pyridine rings is 2. The molecule has 3 rings (SSSR count). The highest BCUT2D eigenvalue weighted by molar-refractivity contribution is 5.93. The summed E-state index contributed by atoms with van der Waals surface area (Å²) >= 11 is 0. The number of hydrogen-bond acceptors (Lipinski definition) is 4. The molecular weight excluding hydrogens is 306 g/mol. The second-order valence-electron chi connectivity index (χ2n) is 5.19. The van der Waals surface area contributed by atoms with Crippen molar-refractivity contribution in [1.82, 2.24) is 4.40 Å². The Morgan fingerprint density at radius 3 is 2.71 bits per heavy atom. The summed E-state index contributed by atoms with van der Waals surface area (Å²) in [7, 11) is 1.59. The molecule has 24 heavy (non-hydrogen) atoms. The van der Waals surface area contributed by atoms with E-state index < -0.39 is 11.5 Å². The van der Waals surface area contributed by atoms with Gasteiger partial charge in [0.15, 0.2) is 0 Å². The first kappa shape index (κ1) is 15.8. The van der Waals surface area contributed by atoms with Gasteiger partial charge in [-0.15, -0.1) is 0 Å². The molecule has 0 amide bonds. The van der Waals surface area contributed by atoms with Crippen LogP contribution in [0.5, 0.6) is 5.75 Å². The Bertz CT molecular complexity index is 959. The molecule has 0 atom stereocenters. The number of nitrogens with zero attached hydrogens (tertiary/aromatic N) is 1. The van der Waals surface area contributed by atoms with Gasteiger partial charge in [-0.2, -0.15) is 0 Å². The number of esters is 1. The Kier molecular flexibility index (Phi) is 4.33. The third-order valence-corrected chi connectivity index (χ3v) is 3.75. The van der Waals surface area contributed by atoms with Gasteiger partial charge in [-0.25, -0.2) is 4.79 Å². The van der Waals surface area contributed by atoms with Crippen LogP contribution in [0.4, 0.5) is 0 Å². The summed E-state index contributed by atoms with van der Waals surface area (Å²) in [6.45, 7) is 1.92. The van der Waals surface area contributed by atoms with Gasteiger partial charge in [-0.05, 0) is 42.8 Å². The maximum Gasteiger partial charge on any atom is 0.343 e. The van der Waals surface area contributed by atoms with Crippen LogP contribution in [0.2, 0.25) is 0 Å². The van der Waals surface area contributed by atoms with E-state index in [0.717, 1.165) is 11.1 Å². The summed E-state index contributed by atoms with van der Waals surface area (Å²) < 4.78 is 11.7. The van der Waals surface area contributed by atoms with E-state index in [-0.39, 0.29) is 12.2 Å². The molecule has 0 unspecified atom stereocenters. The van der Waals surface area contributed by atoms with Crippen molar-refractivity contribution in [3.63, 3.8) is 0 Å². The average Bonchev–Trinajstić information content (AvgIpc) is 2.62. The number of carbonyl (C=O) groups is 1. The lowest BCUT2D eigenvalue weighted by Crippen LogP contribution is -2.23. The van der Waals surface area contributed by atoms with Crippen LogP contribution in [0.15, 0.2) is 59.5 Å². The second-order valence-corrected chi connectivity index (χ2v) is 5.19. The molecule has 0 aliphatic rings. The molecule has 1 aromatic carbocycles. The van der Waals surface area contributed by atoms with Crippen LogP contribution in [0.1, 0.15) is 17.3 Å². The third kappa shape index (κ3) is 2.76. The summed E-state index contributed by atoms with van der Waals surface area (Å²) in [6, 6.07) is 14.5. The molecule has 0 radical (unpaired) electrons. The number of fused-ring (bicyclic) bond motifs is 1. The summed E-state index contributed by atoms with van der Waals surface area (Å²) in [5.74, 6) is 0.0790. The average molecular weight is 323 g/mol. The third-order valence-electron chi connectivity index (χ3n) is 3.75. The number of methoxy groups -OCH3 is 1. The highest BCUT2D eigenvalue weighted by Crippen LogP contribution is 2.27. The Balaban J connectivity index is 2.32. The van der Waals surface area contributed by atoms with E-state index in [4.69, 9.17) is 9.47 Å². The van der Waals surface area contributed by atoms with Gasteiger partial charge in [0, 0.05) is 11.8 Å². The topological polar surface area (TPSA) is 57.0 Å². The minimum atomic E-state index is -0.620. The van der Waals surface area contributed by atoms with E-state index in [2.05, 4.69) is 0 Å². The lowest BCUT2D eigenvalue weighted by atomic mass is 10.0. The summed E-state index contributed by atoms with van der Waals surface area (Å²) in [5.41, 5.74) is 1.94. The molecule has 2 heterocycles. The van der Waals surface area contributed by atoms with Crippen LogP contribution < -0.4 is 10.3 Å². The van der Waals surface area contributed by atoms with Gasteiger partial charge in [-0.3, -0.25) is 9.20 Å². The first-order valence-corrected chi connectivity index (χ1v) is 7.61. The van der Waals surface area contributed by atoms with Crippen LogP contribution in [-0.4, -0.2) is 24.1 Å². The van der Waals surface area contributed by atoms with Crippen molar-refractivity contribution in [2.45, 2.75) is 6.92 Å². The van der Waals surface area contributed by atoms with Gasteiger partial charge < -0.3 is 9.47 Å². The predicted octanol–water partition coefficient (Wildman–Crippen LogP) is 3.15. The molecule has 0 saturated carbocycles. The molecule has 5 heteroatoms. The van der Waals surface area contributed by atoms with E-state index in [9.17, 15) is 9.59 Å². The lowest BCUT2D eigenvalue weighted by molar-refractivity contribution is 0.0524. The minimum absolute atomic E-state index is 0.0124. The minimum Gasteiger partial charge on any atom is -0.497 e. The van der Waals surface area contributed by atoms with Crippen molar-refractivity contribution in [2.75, 3.05) is 13.7 Å². The number of rotatable bonds is 4. The number of ether oxygens (including phenoxy) is 2. The summed E-state index contributed by atoms with van der Waals surface area (Å²) in [5, 5.41) is 0. The zero-order valence-corrected chi connectivity index (χ0v) is 13.5. The van der Waals surface area contributed by atoms with Crippen LogP contribution in [-0.2, 0) is 4.74 Å². The van der Waals surface area contributed by atoms with Gasteiger partial charge in [-0.1, -0.05) is 18.2 Å². The molecule has 0 aliphatic heterocycles. The van der Waals surface area contributed by atoms with E-state index >= 15 is 0 Å². The van der Waals surface area contributed by atoms with Crippen LogP contribution in [0.25, 0.3) is 16.6 Å². The van der Waals surface area contributed by atoms with Crippen LogP contribution in [0.3, 0.4) is 0 Å². The smallest absolute Gasteiger partial charge is 0.343 e. The molecule has 0 bridgehead atoms. The zero-order valence-electron chi connectivity index (χ0n) is 13.5. The zero-order chi connectivity index (χ0) is 17.1. The number of benzene rings is 1. The van der Waals surface area contributed by atoms with Crippen LogP contribution in [0, 0.1) is 0 Å². The predicted molar refractivity (Wildman–Crippen MR) is 91.6 cm³/mol. The summed E-state index contributed by atoms with van der Waals surface area (Å²) in [4.78, 5) is 24.7. The van der Waals surface area contributed by atoms with Crippen molar-refractivity contribution in [3.8, 4) is 16.9 Å². The Hall–Kier alpha value is -3.08. The van der Waals surface area contributed by atoms with E-state index in [1.54, 1.807) is 32.4 Å². The summed E-state index contributed by atoms with van der Waals surface area (Å²) in [6.07, 6.45) is 1.64.